The van der Waals surface area contributed by atoms with Crippen molar-refractivity contribution < 1.29 is 16.6 Å². The smallest absolute Gasteiger partial charge is 0.282 e. The number of pyridine rings is 2. The van der Waals surface area contributed by atoms with Gasteiger partial charge in [-0.1, -0.05) is 0 Å². The summed E-state index contributed by atoms with van der Waals surface area (Å²) in [5.74, 6) is -0.107. The van der Waals surface area contributed by atoms with Gasteiger partial charge in [-0.2, -0.15) is 0 Å². The number of carbonyl (C=O) groups excluding carboxylic acids is 1. The number of aromatic nitrogens is 3. The van der Waals surface area contributed by atoms with E-state index in [1.807, 2.05) is 5.01 Å². The van der Waals surface area contributed by atoms with Crippen LogP contribution in [0.1, 0.15) is 35.3 Å². The summed E-state index contributed by atoms with van der Waals surface area (Å²) < 4.78 is 33.1. The summed E-state index contributed by atoms with van der Waals surface area (Å²) in [4.78, 5) is 24.2. The molecule has 7 nitrogen and oxygen atoms in total. The van der Waals surface area contributed by atoms with Gasteiger partial charge in [0.15, 0.2) is 23.0 Å². The molecule has 0 aliphatic carbocycles. The number of hydrazine groups is 1. The highest BCUT2D eigenvalue weighted by Crippen LogP contribution is 2.27. The maximum atomic E-state index is 14.6. The van der Waals surface area contributed by atoms with E-state index >= 15 is 0 Å². The van der Waals surface area contributed by atoms with Crippen LogP contribution in [0.4, 0.5) is 8.78 Å². The van der Waals surface area contributed by atoms with Crippen LogP contribution in [0.25, 0.3) is 21.9 Å². The molecule has 4 heterocycles. The highest BCUT2D eigenvalue weighted by Gasteiger charge is 2.22. The summed E-state index contributed by atoms with van der Waals surface area (Å²) in [5.41, 5.74) is 5.78. The first-order valence-corrected chi connectivity index (χ1v) is 11.9. The van der Waals surface area contributed by atoms with Gasteiger partial charge in [0.1, 0.15) is 17.3 Å². The van der Waals surface area contributed by atoms with E-state index in [2.05, 4.69) is 20.4 Å². The molecule has 34 heavy (non-hydrogen) atoms. The number of nitrogens with one attached hydrogen (secondary N) is 2. The quantitative estimate of drug-likeness (QED) is 0.312. The Kier molecular flexibility index (Phi) is 6.59. The minimum atomic E-state index is -0.353. The fourth-order valence-corrected chi connectivity index (χ4v) is 4.72. The molecule has 1 saturated heterocycles. The van der Waals surface area contributed by atoms with E-state index in [9.17, 15) is 13.6 Å². The van der Waals surface area contributed by atoms with E-state index in [1.54, 1.807) is 47.3 Å². The first-order valence-electron chi connectivity index (χ1n) is 11.1. The van der Waals surface area contributed by atoms with E-state index in [-0.39, 0.29) is 17.5 Å². The number of piperidine rings is 1. The lowest BCUT2D eigenvalue weighted by molar-refractivity contribution is 0.0692. The Morgan fingerprint density at radius 3 is 2.82 bits per heavy atom. The standard InChI is InChI=1S/C24H22F2IN5O2/c25-16-2-4-19-15(11-16)12-21(29-19)24(33)31-32-9-7-14(8-10-32)1-3-17-18(26)13-28-20-5-6-22(34-27)30-23(17)20/h2,4-6,11-14,29H,1,3,7-10H2,(H,31,33). The largest absolute Gasteiger partial charge is 0.408 e. The van der Waals surface area contributed by atoms with Crippen LogP contribution in [0.5, 0.6) is 5.88 Å². The molecule has 0 spiro atoms. The monoisotopic (exact) mass is 577 g/mol. The maximum Gasteiger partial charge on any atom is 0.282 e. The van der Waals surface area contributed by atoms with Crippen LogP contribution < -0.4 is 8.49 Å². The van der Waals surface area contributed by atoms with E-state index < -0.39 is 0 Å². The van der Waals surface area contributed by atoms with Gasteiger partial charge in [-0.25, -0.2) is 18.8 Å². The van der Waals surface area contributed by atoms with Gasteiger partial charge < -0.3 is 8.05 Å². The van der Waals surface area contributed by atoms with E-state index in [4.69, 9.17) is 3.07 Å². The third-order valence-electron chi connectivity index (χ3n) is 6.32. The van der Waals surface area contributed by atoms with Gasteiger partial charge in [-0.05, 0) is 61.9 Å². The molecule has 0 radical (unpaired) electrons. The molecule has 1 amide bonds. The Morgan fingerprint density at radius 2 is 2.03 bits per heavy atom. The van der Waals surface area contributed by atoms with Crippen LogP contribution in [0, 0.1) is 17.6 Å². The van der Waals surface area contributed by atoms with Crippen molar-refractivity contribution in [2.75, 3.05) is 13.1 Å². The molecule has 0 unspecified atom stereocenters. The molecule has 4 aromatic rings. The minimum absolute atomic E-state index is 0.250. The van der Waals surface area contributed by atoms with Gasteiger partial charge in [-0.3, -0.25) is 15.2 Å². The summed E-state index contributed by atoms with van der Waals surface area (Å²) in [5, 5.41) is 2.56. The second kappa shape index (κ2) is 9.79. The second-order valence-electron chi connectivity index (χ2n) is 8.50. The van der Waals surface area contributed by atoms with Crippen molar-refractivity contribution in [2.24, 2.45) is 5.92 Å². The number of fused-ring (bicyclic) bond motifs is 2. The van der Waals surface area contributed by atoms with Crippen LogP contribution >= 0.6 is 23.0 Å². The molecular formula is C24H22F2IN5O2. The van der Waals surface area contributed by atoms with Crippen molar-refractivity contribution in [2.45, 2.75) is 25.7 Å². The highest BCUT2D eigenvalue weighted by molar-refractivity contribution is 14.1. The topological polar surface area (TPSA) is 83.1 Å². The summed E-state index contributed by atoms with van der Waals surface area (Å²) in [6, 6.07) is 9.52. The number of amides is 1. The number of halogens is 3. The number of H-pyrrole nitrogens is 1. The number of hydrogen-bond acceptors (Lipinski definition) is 5. The summed E-state index contributed by atoms with van der Waals surface area (Å²) >= 11 is 1.75. The lowest BCUT2D eigenvalue weighted by Gasteiger charge is -2.32. The van der Waals surface area contributed by atoms with Crippen molar-refractivity contribution in [3.05, 3.63) is 65.5 Å². The number of aromatic amines is 1. The molecule has 0 bridgehead atoms. The van der Waals surface area contributed by atoms with Crippen LogP contribution in [-0.2, 0) is 6.42 Å². The average Bonchev–Trinajstić information content (AvgIpc) is 3.27. The molecule has 0 saturated carbocycles. The normalized spacial score (nSPS) is 15.1. The van der Waals surface area contributed by atoms with Crippen LogP contribution in [0.3, 0.4) is 0 Å². The lowest BCUT2D eigenvalue weighted by Crippen LogP contribution is -2.46. The zero-order chi connectivity index (χ0) is 23.7. The average molecular weight is 577 g/mol. The first-order chi connectivity index (χ1) is 16.5. The first kappa shape index (κ1) is 22.9. The number of aryl methyl sites for hydroxylation is 1. The Balaban J connectivity index is 1.17. The summed E-state index contributed by atoms with van der Waals surface area (Å²) in [6.07, 6.45) is 4.41. The number of hydrogen-bond donors (Lipinski definition) is 2. The SMILES string of the molecule is O=C(NN1CCC(CCc2c(F)cnc3ccc(OI)nc23)CC1)c1cc2cc(F)ccc2[nH]1. The number of carbonyl (C=O) groups is 1. The summed E-state index contributed by atoms with van der Waals surface area (Å²) in [6.45, 7) is 1.41. The van der Waals surface area contributed by atoms with Crippen molar-refractivity contribution in [1.82, 2.24) is 25.4 Å². The third-order valence-corrected chi connectivity index (χ3v) is 6.77. The van der Waals surface area contributed by atoms with Crippen LogP contribution in [0.15, 0.2) is 42.6 Å². The van der Waals surface area contributed by atoms with Crippen molar-refractivity contribution in [1.29, 1.82) is 0 Å². The fourth-order valence-electron chi connectivity index (χ4n) is 4.47. The van der Waals surface area contributed by atoms with E-state index in [1.165, 1.54) is 18.3 Å². The molecule has 1 aliphatic heterocycles. The molecule has 10 heteroatoms. The Morgan fingerprint density at radius 1 is 1.21 bits per heavy atom. The van der Waals surface area contributed by atoms with Crippen molar-refractivity contribution in [3.63, 3.8) is 0 Å². The van der Waals surface area contributed by atoms with Gasteiger partial charge in [0.05, 0.1) is 17.2 Å². The molecule has 0 atom stereocenters. The molecule has 2 N–H and O–H groups in total. The second-order valence-corrected chi connectivity index (χ2v) is 8.94. The van der Waals surface area contributed by atoms with Gasteiger partial charge >= 0.3 is 0 Å². The van der Waals surface area contributed by atoms with Gasteiger partial charge in [-0.15, -0.1) is 0 Å². The third kappa shape index (κ3) is 4.83. The Hall–Kier alpha value is -2.86. The van der Waals surface area contributed by atoms with Gasteiger partial charge in [0.25, 0.3) is 5.91 Å². The highest BCUT2D eigenvalue weighted by atomic mass is 127. The van der Waals surface area contributed by atoms with Crippen LogP contribution in [0.2, 0.25) is 0 Å². The predicted molar refractivity (Wildman–Crippen MR) is 132 cm³/mol. The molecular weight excluding hydrogens is 555 g/mol. The zero-order valence-corrected chi connectivity index (χ0v) is 20.3. The maximum absolute atomic E-state index is 14.6. The van der Waals surface area contributed by atoms with Crippen molar-refractivity contribution >= 4 is 50.8 Å². The molecule has 1 aromatic carbocycles. The van der Waals surface area contributed by atoms with Crippen molar-refractivity contribution in [3.8, 4) is 5.88 Å². The lowest BCUT2D eigenvalue weighted by atomic mass is 9.91. The summed E-state index contributed by atoms with van der Waals surface area (Å²) in [7, 11) is 0. The van der Waals surface area contributed by atoms with E-state index in [0.29, 0.717) is 64.5 Å². The molecule has 176 valence electrons. The molecule has 5 rings (SSSR count). The molecule has 3 aromatic heterocycles. The Bertz CT molecular complexity index is 1350. The number of nitrogens with zero attached hydrogens (tertiary/aromatic N) is 3. The fraction of sp³-hybridized carbons (Fsp3) is 0.292. The van der Waals surface area contributed by atoms with E-state index in [0.717, 1.165) is 19.3 Å². The Labute approximate surface area is 208 Å². The minimum Gasteiger partial charge on any atom is -0.408 e. The molecule has 1 fully saturated rings. The predicted octanol–water partition coefficient (Wildman–Crippen LogP) is 5.11. The van der Waals surface area contributed by atoms with Gasteiger partial charge in [0.2, 0.25) is 5.88 Å². The van der Waals surface area contributed by atoms with Crippen LogP contribution in [-0.4, -0.2) is 39.0 Å². The molecule has 1 aliphatic rings. The zero-order valence-electron chi connectivity index (χ0n) is 18.2. The van der Waals surface area contributed by atoms with Gasteiger partial charge in [0, 0.05) is 35.6 Å². The number of benzene rings is 1. The number of rotatable bonds is 6.